The lowest BCUT2D eigenvalue weighted by molar-refractivity contribution is -0.384. The van der Waals surface area contributed by atoms with Crippen molar-refractivity contribution in [3.8, 4) is 5.75 Å². The highest BCUT2D eigenvalue weighted by Crippen LogP contribution is 2.26. The topological polar surface area (TPSA) is 93.5 Å². The summed E-state index contributed by atoms with van der Waals surface area (Å²) in [5, 5.41) is 16.5. The van der Waals surface area contributed by atoms with Crippen LogP contribution in [0.15, 0.2) is 18.2 Å². The van der Waals surface area contributed by atoms with Gasteiger partial charge in [-0.2, -0.15) is 0 Å². The molecule has 110 valence electrons. The van der Waals surface area contributed by atoms with Crippen molar-refractivity contribution in [1.29, 1.82) is 0 Å². The molecular weight excluding hydrogens is 262 g/mol. The SMILES string of the molecule is COc1cc(NC(C)C(=O)NC(C)C)cc([N+](=O)[O-])c1. The zero-order valence-corrected chi connectivity index (χ0v) is 12.0. The zero-order chi connectivity index (χ0) is 15.3. The highest BCUT2D eigenvalue weighted by molar-refractivity contribution is 5.84. The molecule has 7 nitrogen and oxygen atoms in total. The summed E-state index contributed by atoms with van der Waals surface area (Å²) in [5.74, 6) is 0.184. The summed E-state index contributed by atoms with van der Waals surface area (Å²) >= 11 is 0. The first-order chi connectivity index (χ1) is 9.33. The fourth-order valence-electron chi connectivity index (χ4n) is 1.61. The Morgan fingerprint density at radius 3 is 2.45 bits per heavy atom. The van der Waals surface area contributed by atoms with Gasteiger partial charge in [0.05, 0.1) is 18.1 Å². The molecule has 1 unspecified atom stereocenters. The van der Waals surface area contributed by atoms with E-state index >= 15 is 0 Å². The van der Waals surface area contributed by atoms with E-state index in [4.69, 9.17) is 4.74 Å². The Kier molecular flexibility index (Phi) is 5.31. The Labute approximate surface area is 117 Å². The quantitative estimate of drug-likeness (QED) is 0.614. The first-order valence-electron chi connectivity index (χ1n) is 6.24. The minimum absolute atomic E-state index is 0.0337. The normalized spacial score (nSPS) is 11.8. The standard InChI is InChI=1S/C13H19N3O4/c1-8(2)14-13(17)9(3)15-10-5-11(16(18)19)7-12(6-10)20-4/h5-9,15H,1-4H3,(H,14,17). The summed E-state index contributed by atoms with van der Waals surface area (Å²) in [6.07, 6.45) is 0. The average Bonchev–Trinajstić information content (AvgIpc) is 2.37. The van der Waals surface area contributed by atoms with Crippen molar-refractivity contribution in [2.45, 2.75) is 32.9 Å². The molecule has 0 aliphatic heterocycles. The molecule has 0 saturated heterocycles. The molecule has 0 saturated carbocycles. The van der Waals surface area contributed by atoms with Gasteiger partial charge < -0.3 is 15.4 Å². The van der Waals surface area contributed by atoms with Crippen LogP contribution in [-0.4, -0.2) is 30.0 Å². The molecule has 1 aromatic rings. The maximum absolute atomic E-state index is 11.8. The average molecular weight is 281 g/mol. The van der Waals surface area contributed by atoms with Gasteiger partial charge in [-0.1, -0.05) is 0 Å². The number of ether oxygens (including phenoxy) is 1. The van der Waals surface area contributed by atoms with E-state index in [2.05, 4.69) is 10.6 Å². The number of carbonyl (C=O) groups is 1. The van der Waals surface area contributed by atoms with Crippen LogP contribution in [-0.2, 0) is 4.79 Å². The predicted molar refractivity (Wildman–Crippen MR) is 76.0 cm³/mol. The van der Waals surface area contributed by atoms with Crippen molar-refractivity contribution in [3.05, 3.63) is 28.3 Å². The number of methoxy groups -OCH3 is 1. The second kappa shape index (κ2) is 6.74. The van der Waals surface area contributed by atoms with Gasteiger partial charge in [-0.05, 0) is 20.8 Å². The fraction of sp³-hybridized carbons (Fsp3) is 0.462. The number of amides is 1. The molecule has 0 radical (unpaired) electrons. The molecule has 1 atom stereocenters. The molecule has 20 heavy (non-hydrogen) atoms. The summed E-state index contributed by atoms with van der Waals surface area (Å²) in [6.45, 7) is 5.41. The van der Waals surface area contributed by atoms with Gasteiger partial charge in [0.25, 0.3) is 5.69 Å². The van der Waals surface area contributed by atoms with Gasteiger partial charge in [0.2, 0.25) is 5.91 Å². The maximum atomic E-state index is 11.8. The molecule has 1 amide bonds. The van der Waals surface area contributed by atoms with E-state index in [1.807, 2.05) is 13.8 Å². The van der Waals surface area contributed by atoms with Gasteiger partial charge in [-0.15, -0.1) is 0 Å². The Bertz CT molecular complexity index is 502. The summed E-state index contributed by atoms with van der Waals surface area (Å²) in [7, 11) is 1.43. The van der Waals surface area contributed by atoms with Crippen LogP contribution in [0, 0.1) is 10.1 Å². The number of hydrogen-bond donors (Lipinski definition) is 2. The van der Waals surface area contributed by atoms with Gasteiger partial charge in [0.1, 0.15) is 11.8 Å². The monoisotopic (exact) mass is 281 g/mol. The Hall–Kier alpha value is -2.31. The summed E-state index contributed by atoms with van der Waals surface area (Å²) in [4.78, 5) is 22.1. The molecule has 0 aliphatic rings. The van der Waals surface area contributed by atoms with Crippen molar-refractivity contribution in [2.75, 3.05) is 12.4 Å². The van der Waals surface area contributed by atoms with Gasteiger partial charge in [0.15, 0.2) is 0 Å². The summed E-state index contributed by atoms with van der Waals surface area (Å²) in [5.41, 5.74) is 0.366. The largest absolute Gasteiger partial charge is 0.496 e. The number of nitrogens with zero attached hydrogens (tertiary/aromatic N) is 1. The third kappa shape index (κ3) is 4.42. The third-order valence-electron chi connectivity index (χ3n) is 2.55. The summed E-state index contributed by atoms with van der Waals surface area (Å²) < 4.78 is 5.01. The number of nitro groups is 1. The van der Waals surface area contributed by atoms with Gasteiger partial charge in [-0.25, -0.2) is 0 Å². The first-order valence-corrected chi connectivity index (χ1v) is 6.24. The summed E-state index contributed by atoms with van der Waals surface area (Å²) in [6, 6.07) is 3.81. The fourth-order valence-corrected chi connectivity index (χ4v) is 1.61. The molecule has 0 bridgehead atoms. The van der Waals surface area contributed by atoms with Gasteiger partial charge in [-0.3, -0.25) is 14.9 Å². The number of carbonyl (C=O) groups excluding carboxylic acids is 1. The molecular formula is C13H19N3O4. The van der Waals surface area contributed by atoms with Crippen LogP contribution in [0.2, 0.25) is 0 Å². The second-order valence-corrected chi connectivity index (χ2v) is 4.71. The van der Waals surface area contributed by atoms with E-state index in [9.17, 15) is 14.9 Å². The molecule has 2 N–H and O–H groups in total. The Balaban J connectivity index is 2.88. The lowest BCUT2D eigenvalue weighted by Gasteiger charge is -2.17. The Morgan fingerprint density at radius 1 is 1.30 bits per heavy atom. The lowest BCUT2D eigenvalue weighted by Crippen LogP contribution is -2.40. The molecule has 1 aromatic carbocycles. The van der Waals surface area contributed by atoms with Crippen LogP contribution in [0.5, 0.6) is 5.75 Å². The molecule has 0 aliphatic carbocycles. The van der Waals surface area contributed by atoms with E-state index < -0.39 is 11.0 Å². The van der Waals surface area contributed by atoms with Crippen LogP contribution in [0.4, 0.5) is 11.4 Å². The van der Waals surface area contributed by atoms with Crippen molar-refractivity contribution in [2.24, 2.45) is 0 Å². The smallest absolute Gasteiger partial charge is 0.275 e. The van der Waals surface area contributed by atoms with Crippen LogP contribution in [0.25, 0.3) is 0 Å². The zero-order valence-electron chi connectivity index (χ0n) is 12.0. The maximum Gasteiger partial charge on any atom is 0.275 e. The molecule has 0 spiro atoms. The van der Waals surface area contributed by atoms with E-state index in [1.165, 1.54) is 19.2 Å². The number of anilines is 1. The van der Waals surface area contributed by atoms with Crippen molar-refractivity contribution in [1.82, 2.24) is 5.32 Å². The second-order valence-electron chi connectivity index (χ2n) is 4.71. The first kappa shape index (κ1) is 15.7. The number of hydrogen-bond acceptors (Lipinski definition) is 5. The minimum Gasteiger partial charge on any atom is -0.496 e. The highest BCUT2D eigenvalue weighted by atomic mass is 16.6. The van der Waals surface area contributed by atoms with Crippen molar-refractivity contribution < 1.29 is 14.5 Å². The number of rotatable bonds is 6. The van der Waals surface area contributed by atoms with Crippen molar-refractivity contribution >= 4 is 17.3 Å². The van der Waals surface area contributed by atoms with E-state index in [-0.39, 0.29) is 17.6 Å². The van der Waals surface area contributed by atoms with Gasteiger partial charge in [0, 0.05) is 23.9 Å². The third-order valence-corrected chi connectivity index (χ3v) is 2.55. The van der Waals surface area contributed by atoms with E-state index in [0.29, 0.717) is 11.4 Å². The number of benzene rings is 1. The minimum atomic E-state index is -0.510. The number of non-ortho nitro benzene ring substituents is 1. The predicted octanol–water partition coefficient (Wildman–Crippen LogP) is 1.93. The van der Waals surface area contributed by atoms with Crippen LogP contribution in [0.1, 0.15) is 20.8 Å². The van der Waals surface area contributed by atoms with Gasteiger partial charge >= 0.3 is 0 Å². The van der Waals surface area contributed by atoms with E-state index in [1.54, 1.807) is 13.0 Å². The molecule has 1 rings (SSSR count). The molecule has 0 heterocycles. The molecule has 0 aromatic heterocycles. The van der Waals surface area contributed by atoms with Crippen LogP contribution in [0.3, 0.4) is 0 Å². The highest BCUT2D eigenvalue weighted by Gasteiger charge is 2.16. The van der Waals surface area contributed by atoms with E-state index in [0.717, 1.165) is 0 Å². The lowest BCUT2D eigenvalue weighted by atomic mass is 10.2. The molecule has 7 heteroatoms. The number of nitro benzene ring substituents is 1. The van der Waals surface area contributed by atoms with Crippen LogP contribution >= 0.6 is 0 Å². The van der Waals surface area contributed by atoms with Crippen molar-refractivity contribution in [3.63, 3.8) is 0 Å². The Morgan fingerprint density at radius 2 is 1.95 bits per heavy atom. The molecule has 0 fully saturated rings. The van der Waals surface area contributed by atoms with Crippen LogP contribution < -0.4 is 15.4 Å². The number of nitrogens with one attached hydrogen (secondary N) is 2.